The molecule has 0 aliphatic carbocycles. The topological polar surface area (TPSA) is 38.8 Å². The van der Waals surface area contributed by atoms with E-state index in [-0.39, 0.29) is 12.2 Å². The quantitative estimate of drug-likeness (QED) is 0.820. The number of fused-ring (bicyclic) bond motifs is 1. The molecule has 0 aromatic heterocycles. The number of halogens is 3. The molecule has 1 amide bonds. The number of carbonyl (C=O) groups is 1. The van der Waals surface area contributed by atoms with Gasteiger partial charge in [0.2, 0.25) is 0 Å². The number of ether oxygens (including phenoxy) is 2. The zero-order chi connectivity index (χ0) is 18.2. The summed E-state index contributed by atoms with van der Waals surface area (Å²) < 4.78 is 49.9. The van der Waals surface area contributed by atoms with E-state index in [0.29, 0.717) is 17.1 Å². The number of amides is 1. The van der Waals surface area contributed by atoms with E-state index >= 15 is 0 Å². The Labute approximate surface area is 142 Å². The highest BCUT2D eigenvalue weighted by molar-refractivity contribution is 5.97. The first-order valence-corrected chi connectivity index (χ1v) is 7.62. The molecule has 1 aliphatic heterocycles. The molecule has 0 saturated carbocycles. The lowest BCUT2D eigenvalue weighted by Gasteiger charge is -2.23. The van der Waals surface area contributed by atoms with Gasteiger partial charge in [-0.1, -0.05) is 18.2 Å². The molecule has 0 bridgehead atoms. The van der Waals surface area contributed by atoms with Crippen LogP contribution in [0.2, 0.25) is 0 Å². The Balaban J connectivity index is 2.05. The molecule has 0 saturated heterocycles. The van der Waals surface area contributed by atoms with Gasteiger partial charge in [-0.3, -0.25) is 4.79 Å². The van der Waals surface area contributed by atoms with Crippen LogP contribution in [0.4, 0.5) is 18.9 Å². The van der Waals surface area contributed by atoms with Crippen LogP contribution in [0.25, 0.3) is 0 Å². The van der Waals surface area contributed by atoms with Crippen molar-refractivity contribution >= 4 is 11.6 Å². The van der Waals surface area contributed by atoms with E-state index in [4.69, 9.17) is 9.47 Å². The first-order valence-electron chi connectivity index (χ1n) is 7.62. The second-order valence-corrected chi connectivity index (χ2v) is 5.68. The zero-order valence-corrected chi connectivity index (χ0v) is 13.6. The lowest BCUT2D eigenvalue weighted by Crippen LogP contribution is -2.38. The van der Waals surface area contributed by atoms with Crippen molar-refractivity contribution < 1.29 is 27.4 Å². The van der Waals surface area contributed by atoms with E-state index < -0.39 is 23.8 Å². The summed E-state index contributed by atoms with van der Waals surface area (Å²) in [5.41, 5.74) is 0.0295. The average Bonchev–Trinajstić information content (AvgIpc) is 2.71. The number of methoxy groups -OCH3 is 1. The lowest BCUT2D eigenvalue weighted by molar-refractivity contribution is -0.137. The fourth-order valence-corrected chi connectivity index (χ4v) is 2.74. The maximum atomic E-state index is 13.0. The predicted molar refractivity (Wildman–Crippen MR) is 85.7 cm³/mol. The monoisotopic (exact) mass is 351 g/mol. The minimum Gasteiger partial charge on any atom is -0.493 e. The Kier molecular flexibility index (Phi) is 4.32. The first-order chi connectivity index (χ1) is 11.8. The highest BCUT2D eigenvalue weighted by Crippen LogP contribution is 2.37. The molecule has 4 nitrogen and oxygen atoms in total. The normalized spacial score (nSPS) is 17.6. The van der Waals surface area contributed by atoms with E-state index in [2.05, 4.69) is 0 Å². The molecule has 0 N–H and O–H groups in total. The van der Waals surface area contributed by atoms with Crippen molar-refractivity contribution in [3.63, 3.8) is 0 Å². The van der Waals surface area contributed by atoms with Crippen LogP contribution in [0, 0.1) is 0 Å². The van der Waals surface area contributed by atoms with Crippen molar-refractivity contribution in [2.75, 3.05) is 12.0 Å². The van der Waals surface area contributed by atoms with Crippen LogP contribution in [0.15, 0.2) is 42.5 Å². The van der Waals surface area contributed by atoms with Crippen LogP contribution in [0.5, 0.6) is 11.5 Å². The number of alkyl halides is 3. The average molecular weight is 351 g/mol. The van der Waals surface area contributed by atoms with E-state index in [0.717, 1.165) is 12.1 Å². The van der Waals surface area contributed by atoms with Crippen molar-refractivity contribution in [1.82, 2.24) is 0 Å². The first kappa shape index (κ1) is 17.1. The molecule has 25 heavy (non-hydrogen) atoms. The third-order valence-corrected chi connectivity index (χ3v) is 4.00. The molecule has 2 aromatic carbocycles. The lowest BCUT2D eigenvalue weighted by atomic mass is 10.1. The van der Waals surface area contributed by atoms with Crippen LogP contribution in [0.3, 0.4) is 0 Å². The largest absolute Gasteiger partial charge is 0.493 e. The number of hydrogen-bond acceptors (Lipinski definition) is 3. The van der Waals surface area contributed by atoms with Crippen molar-refractivity contribution in [3.05, 3.63) is 53.6 Å². The van der Waals surface area contributed by atoms with Crippen LogP contribution in [-0.2, 0) is 17.5 Å². The number of benzene rings is 2. The maximum Gasteiger partial charge on any atom is 0.416 e. The molecule has 132 valence electrons. The Morgan fingerprint density at radius 3 is 2.60 bits per heavy atom. The van der Waals surface area contributed by atoms with E-state index in [1.54, 1.807) is 25.1 Å². The van der Waals surface area contributed by atoms with Gasteiger partial charge < -0.3 is 14.4 Å². The number of anilines is 1. The van der Waals surface area contributed by atoms with Crippen molar-refractivity contribution in [1.29, 1.82) is 0 Å². The van der Waals surface area contributed by atoms with Gasteiger partial charge in [0.25, 0.3) is 5.91 Å². The van der Waals surface area contributed by atoms with Gasteiger partial charge in [-0.25, -0.2) is 0 Å². The third kappa shape index (κ3) is 3.26. The smallest absolute Gasteiger partial charge is 0.416 e. The van der Waals surface area contributed by atoms with Crippen LogP contribution < -0.4 is 14.4 Å². The molecular weight excluding hydrogens is 335 g/mol. The summed E-state index contributed by atoms with van der Waals surface area (Å²) in [5, 5.41) is 0. The van der Waals surface area contributed by atoms with Gasteiger partial charge in [-0.05, 0) is 31.2 Å². The predicted octanol–water partition coefficient (Wildman–Crippen LogP) is 4.03. The van der Waals surface area contributed by atoms with Gasteiger partial charge >= 0.3 is 6.18 Å². The highest BCUT2D eigenvalue weighted by Gasteiger charge is 2.34. The van der Waals surface area contributed by atoms with Gasteiger partial charge in [-0.15, -0.1) is 0 Å². The molecule has 0 spiro atoms. The second-order valence-electron chi connectivity index (χ2n) is 5.68. The Hall–Kier alpha value is -2.70. The highest BCUT2D eigenvalue weighted by atomic mass is 19.4. The maximum absolute atomic E-state index is 13.0. The van der Waals surface area contributed by atoms with Crippen molar-refractivity contribution in [3.8, 4) is 11.5 Å². The Morgan fingerprint density at radius 1 is 1.20 bits per heavy atom. The summed E-state index contributed by atoms with van der Waals surface area (Å²) in [6, 6.07) is 9.91. The van der Waals surface area contributed by atoms with Gasteiger partial charge in [0.05, 0.1) is 19.2 Å². The summed E-state index contributed by atoms with van der Waals surface area (Å²) in [7, 11) is 1.49. The Bertz CT molecular complexity index is 804. The fourth-order valence-electron chi connectivity index (χ4n) is 2.74. The molecule has 1 aliphatic rings. The molecular formula is C18H16F3NO3. The Morgan fingerprint density at radius 2 is 1.92 bits per heavy atom. The number of carbonyl (C=O) groups excluding carboxylic acids is 1. The van der Waals surface area contributed by atoms with Gasteiger partial charge in [0, 0.05) is 11.3 Å². The van der Waals surface area contributed by atoms with Crippen LogP contribution >= 0.6 is 0 Å². The SMILES string of the molecule is COc1cccc2c1OC(C)C(=O)N(c1cccc(C(F)(F)F)c1)C2. The molecule has 0 fully saturated rings. The van der Waals surface area contributed by atoms with Gasteiger partial charge in [0.1, 0.15) is 0 Å². The molecule has 0 radical (unpaired) electrons. The van der Waals surface area contributed by atoms with Crippen LogP contribution in [-0.4, -0.2) is 19.1 Å². The third-order valence-electron chi connectivity index (χ3n) is 4.00. The summed E-state index contributed by atoms with van der Waals surface area (Å²) in [6.45, 7) is 1.65. The number of hydrogen-bond donors (Lipinski definition) is 0. The molecule has 1 unspecified atom stereocenters. The molecule has 1 heterocycles. The summed E-state index contributed by atoms with van der Waals surface area (Å²) in [4.78, 5) is 14.0. The molecule has 1 atom stereocenters. The zero-order valence-electron chi connectivity index (χ0n) is 13.6. The molecule has 7 heteroatoms. The van der Waals surface area contributed by atoms with Gasteiger partial charge in [-0.2, -0.15) is 13.2 Å². The van der Waals surface area contributed by atoms with Crippen molar-refractivity contribution in [2.45, 2.75) is 25.7 Å². The second kappa shape index (κ2) is 6.31. The number of nitrogens with zero attached hydrogens (tertiary/aromatic N) is 1. The summed E-state index contributed by atoms with van der Waals surface area (Å²) in [6.07, 6.45) is -5.33. The molecule has 2 aromatic rings. The van der Waals surface area contributed by atoms with E-state index in [1.165, 1.54) is 24.1 Å². The fraction of sp³-hybridized carbons (Fsp3) is 0.278. The number of rotatable bonds is 2. The summed E-state index contributed by atoms with van der Waals surface area (Å²) in [5.74, 6) is 0.487. The summed E-state index contributed by atoms with van der Waals surface area (Å²) >= 11 is 0. The van der Waals surface area contributed by atoms with Crippen molar-refractivity contribution in [2.24, 2.45) is 0 Å². The minimum atomic E-state index is -4.48. The van der Waals surface area contributed by atoms with E-state index in [1.807, 2.05) is 0 Å². The van der Waals surface area contributed by atoms with E-state index in [9.17, 15) is 18.0 Å². The standard InChI is InChI=1S/C18H16F3NO3/c1-11-17(23)22(14-7-4-6-13(9-14)18(19,20)21)10-12-5-3-8-15(24-2)16(12)25-11/h3-9,11H,10H2,1-2H3. The minimum absolute atomic E-state index is 0.0943. The molecule has 3 rings (SSSR count). The number of para-hydroxylation sites is 1. The van der Waals surface area contributed by atoms with Gasteiger partial charge in [0.15, 0.2) is 17.6 Å². The van der Waals surface area contributed by atoms with Crippen LogP contribution in [0.1, 0.15) is 18.1 Å².